The second-order valence-electron chi connectivity index (χ2n) is 9.99. The number of nitrogen functional groups attached to an aromatic ring is 1. The number of imide groups is 2. The van der Waals surface area contributed by atoms with E-state index in [1.165, 1.54) is 24.3 Å². The number of carbonyl (C=O) groups is 4. The van der Waals surface area contributed by atoms with E-state index in [4.69, 9.17) is 19.9 Å². The van der Waals surface area contributed by atoms with Crippen molar-refractivity contribution in [2.75, 3.05) is 10.6 Å². The van der Waals surface area contributed by atoms with E-state index in [9.17, 15) is 19.2 Å². The molecule has 0 aliphatic carbocycles. The van der Waals surface area contributed by atoms with Crippen molar-refractivity contribution < 1.29 is 33.4 Å². The maximum atomic E-state index is 13.4. The molecule has 2 heterocycles. The Morgan fingerprint density at radius 2 is 0.977 bits per heavy atom. The summed E-state index contributed by atoms with van der Waals surface area (Å²) in [7, 11) is 0. The van der Waals surface area contributed by atoms with Crippen molar-refractivity contribution in [1.82, 2.24) is 5.32 Å². The number of rotatable bonds is 7. The fourth-order valence-electron chi connectivity index (χ4n) is 5.00. The van der Waals surface area contributed by atoms with Gasteiger partial charge in [0, 0.05) is 23.9 Å². The van der Waals surface area contributed by atoms with Gasteiger partial charge < -0.3 is 19.9 Å². The SMILES string of the molecule is Nc1cccc(Oc2cccc(Oc3cccc(N4C(=O)c5ccc(Oc6ccc7c(c6)C(=O)NC7=O)cc5C4=O)c3)c2)c1. The molecule has 0 aromatic heterocycles. The molecule has 2 aliphatic rings. The lowest BCUT2D eigenvalue weighted by Crippen LogP contribution is -2.29. The number of benzene rings is 5. The molecule has 7 rings (SSSR count). The summed E-state index contributed by atoms with van der Waals surface area (Å²) < 4.78 is 17.8. The van der Waals surface area contributed by atoms with Crippen LogP contribution in [0.15, 0.2) is 109 Å². The number of fused-ring (bicyclic) bond motifs is 2. The summed E-state index contributed by atoms with van der Waals surface area (Å²) in [6.45, 7) is 0. The molecule has 2 aliphatic heterocycles. The van der Waals surface area contributed by atoms with Crippen LogP contribution in [-0.4, -0.2) is 23.6 Å². The second kappa shape index (κ2) is 10.4. The fourth-order valence-corrected chi connectivity index (χ4v) is 5.00. The van der Waals surface area contributed by atoms with Crippen molar-refractivity contribution in [2.45, 2.75) is 0 Å². The van der Waals surface area contributed by atoms with Gasteiger partial charge in [0.1, 0.15) is 34.5 Å². The minimum absolute atomic E-state index is 0.166. The Hall–Kier alpha value is -6.42. The van der Waals surface area contributed by atoms with Crippen molar-refractivity contribution in [1.29, 1.82) is 0 Å². The van der Waals surface area contributed by atoms with Crippen molar-refractivity contribution in [3.63, 3.8) is 0 Å². The normalized spacial score (nSPS) is 13.4. The van der Waals surface area contributed by atoms with Crippen LogP contribution in [0.1, 0.15) is 41.4 Å². The van der Waals surface area contributed by atoms with Gasteiger partial charge >= 0.3 is 0 Å². The Balaban J connectivity index is 1.09. The maximum absolute atomic E-state index is 13.4. The largest absolute Gasteiger partial charge is 0.457 e. The summed E-state index contributed by atoms with van der Waals surface area (Å²) in [4.78, 5) is 51.7. The summed E-state index contributed by atoms with van der Waals surface area (Å²) in [5, 5.41) is 2.23. The number of ether oxygens (including phenoxy) is 3. The number of carbonyl (C=O) groups excluding carboxylic acids is 4. The number of nitrogens with one attached hydrogen (secondary N) is 1. The lowest BCUT2D eigenvalue weighted by Gasteiger charge is -2.15. The van der Waals surface area contributed by atoms with Gasteiger partial charge in [0.05, 0.1) is 27.9 Å². The first-order valence-electron chi connectivity index (χ1n) is 13.4. The van der Waals surface area contributed by atoms with E-state index in [0.717, 1.165) is 4.90 Å². The molecule has 44 heavy (non-hydrogen) atoms. The Bertz CT molecular complexity index is 2040. The minimum atomic E-state index is -0.524. The third-order valence-electron chi connectivity index (χ3n) is 7.01. The molecule has 5 aromatic rings. The van der Waals surface area contributed by atoms with E-state index in [2.05, 4.69) is 5.32 Å². The second-order valence-corrected chi connectivity index (χ2v) is 9.99. The Morgan fingerprint density at radius 3 is 1.66 bits per heavy atom. The van der Waals surface area contributed by atoms with Crippen LogP contribution in [0.25, 0.3) is 0 Å². The standard InChI is InChI=1S/C34H21N3O7/c35-19-4-1-6-21(14-19)42-23-8-3-9-24(16-23)43-22-7-2-5-20(15-22)37-33(40)28-13-11-26(18-30(28)34(37)41)44-25-10-12-27-29(17-25)32(39)36-31(27)38/h1-18H,35H2,(H,36,38,39). The average Bonchev–Trinajstić information content (AvgIpc) is 3.43. The molecular formula is C34H21N3O7. The van der Waals surface area contributed by atoms with Gasteiger partial charge in [-0.2, -0.15) is 0 Å². The molecule has 3 N–H and O–H groups in total. The minimum Gasteiger partial charge on any atom is -0.457 e. The number of nitrogens with two attached hydrogens (primary N) is 1. The lowest BCUT2D eigenvalue weighted by molar-refractivity contribution is 0.0874. The highest BCUT2D eigenvalue weighted by atomic mass is 16.5. The van der Waals surface area contributed by atoms with Crippen LogP contribution in [-0.2, 0) is 0 Å². The van der Waals surface area contributed by atoms with Gasteiger partial charge in [-0.1, -0.05) is 18.2 Å². The third kappa shape index (κ3) is 4.86. The highest BCUT2D eigenvalue weighted by molar-refractivity contribution is 6.34. The van der Waals surface area contributed by atoms with E-state index in [0.29, 0.717) is 40.1 Å². The van der Waals surface area contributed by atoms with Crippen LogP contribution in [0.2, 0.25) is 0 Å². The molecule has 0 radical (unpaired) electrons. The molecule has 0 unspecified atom stereocenters. The zero-order chi connectivity index (χ0) is 30.4. The number of hydrogen-bond acceptors (Lipinski definition) is 8. The van der Waals surface area contributed by atoms with Gasteiger partial charge in [-0.15, -0.1) is 0 Å². The summed E-state index contributed by atoms with van der Waals surface area (Å²) >= 11 is 0. The fraction of sp³-hybridized carbons (Fsp3) is 0. The van der Waals surface area contributed by atoms with Gasteiger partial charge in [-0.25, -0.2) is 4.90 Å². The van der Waals surface area contributed by atoms with E-state index in [1.54, 1.807) is 84.9 Å². The van der Waals surface area contributed by atoms with E-state index >= 15 is 0 Å². The number of amides is 4. The molecule has 0 atom stereocenters. The van der Waals surface area contributed by atoms with Crippen molar-refractivity contribution in [3.05, 3.63) is 131 Å². The van der Waals surface area contributed by atoms with Gasteiger partial charge in [0.2, 0.25) is 0 Å². The topological polar surface area (TPSA) is 137 Å². The molecule has 0 saturated carbocycles. The molecule has 5 aromatic carbocycles. The summed E-state index contributed by atoms with van der Waals surface area (Å²) in [6.07, 6.45) is 0. The zero-order valence-electron chi connectivity index (χ0n) is 22.8. The van der Waals surface area contributed by atoms with Crippen LogP contribution < -0.4 is 30.2 Å². The molecule has 0 bridgehead atoms. The summed E-state index contributed by atoms with van der Waals surface area (Å²) in [6, 6.07) is 29.8. The first-order valence-corrected chi connectivity index (χ1v) is 13.4. The van der Waals surface area contributed by atoms with Crippen LogP contribution in [0, 0.1) is 0 Å². The molecular weight excluding hydrogens is 562 g/mol. The van der Waals surface area contributed by atoms with Crippen LogP contribution >= 0.6 is 0 Å². The Labute approximate surface area is 250 Å². The number of hydrogen-bond donors (Lipinski definition) is 2. The van der Waals surface area contributed by atoms with Gasteiger partial charge in [0.25, 0.3) is 23.6 Å². The van der Waals surface area contributed by atoms with Crippen molar-refractivity contribution in [2.24, 2.45) is 0 Å². The first-order chi connectivity index (χ1) is 21.3. The molecule has 10 heteroatoms. The highest BCUT2D eigenvalue weighted by Crippen LogP contribution is 2.36. The van der Waals surface area contributed by atoms with Crippen LogP contribution in [0.4, 0.5) is 11.4 Å². The first kappa shape index (κ1) is 26.5. The van der Waals surface area contributed by atoms with E-state index in [1.807, 2.05) is 0 Å². The average molecular weight is 584 g/mol. The van der Waals surface area contributed by atoms with Gasteiger partial charge in [-0.3, -0.25) is 24.5 Å². The van der Waals surface area contributed by atoms with E-state index in [-0.39, 0.29) is 28.0 Å². The lowest BCUT2D eigenvalue weighted by atomic mass is 10.1. The Morgan fingerprint density at radius 1 is 0.477 bits per heavy atom. The van der Waals surface area contributed by atoms with Crippen LogP contribution in [0.3, 0.4) is 0 Å². The van der Waals surface area contributed by atoms with Gasteiger partial charge in [0.15, 0.2) is 0 Å². The maximum Gasteiger partial charge on any atom is 0.266 e. The zero-order valence-corrected chi connectivity index (χ0v) is 22.8. The highest BCUT2D eigenvalue weighted by Gasteiger charge is 2.37. The summed E-state index contributed by atoms with van der Waals surface area (Å²) in [5.74, 6) is 0.615. The number of nitrogens with zero attached hydrogens (tertiary/aromatic N) is 1. The van der Waals surface area contributed by atoms with E-state index < -0.39 is 23.6 Å². The molecule has 0 saturated heterocycles. The van der Waals surface area contributed by atoms with Gasteiger partial charge in [-0.05, 0) is 72.8 Å². The molecule has 0 spiro atoms. The molecule has 0 fully saturated rings. The smallest absolute Gasteiger partial charge is 0.266 e. The molecule has 4 amide bonds. The Kier molecular flexibility index (Phi) is 6.29. The predicted octanol–water partition coefficient (Wildman–Crippen LogP) is 6.33. The predicted molar refractivity (Wildman–Crippen MR) is 160 cm³/mol. The number of anilines is 2. The monoisotopic (exact) mass is 583 g/mol. The molecule has 10 nitrogen and oxygen atoms in total. The third-order valence-corrected chi connectivity index (χ3v) is 7.01. The summed E-state index contributed by atoms with van der Waals surface area (Å²) in [5.41, 5.74) is 7.60. The quantitative estimate of drug-likeness (QED) is 0.168. The van der Waals surface area contributed by atoms with Crippen LogP contribution in [0.5, 0.6) is 34.5 Å². The van der Waals surface area contributed by atoms with Crippen molar-refractivity contribution in [3.8, 4) is 34.5 Å². The molecule has 214 valence electrons. The van der Waals surface area contributed by atoms with Crippen molar-refractivity contribution >= 4 is 35.0 Å².